The molecule has 4 nitrogen and oxygen atoms in total. The van der Waals surface area contributed by atoms with Gasteiger partial charge < -0.3 is 4.98 Å². The van der Waals surface area contributed by atoms with E-state index < -0.39 is 0 Å². The van der Waals surface area contributed by atoms with Crippen molar-refractivity contribution >= 4 is 22.9 Å². The van der Waals surface area contributed by atoms with Crippen LogP contribution in [0, 0.1) is 13.8 Å². The van der Waals surface area contributed by atoms with E-state index in [-0.39, 0.29) is 0 Å². The third kappa shape index (κ3) is 2.09. The van der Waals surface area contributed by atoms with Gasteiger partial charge in [0.25, 0.3) is 0 Å². The molecule has 18 heavy (non-hydrogen) atoms. The Morgan fingerprint density at radius 1 is 1.00 bits per heavy atom. The zero-order valence-corrected chi connectivity index (χ0v) is 11.0. The van der Waals surface area contributed by atoms with Crippen molar-refractivity contribution in [2.24, 2.45) is 0 Å². The molecule has 0 atom stereocenters. The first-order chi connectivity index (χ1) is 8.72. The molecule has 0 saturated heterocycles. The van der Waals surface area contributed by atoms with Gasteiger partial charge in [-0.15, -0.1) is 0 Å². The van der Waals surface area contributed by atoms with Gasteiger partial charge in [-0.25, -0.2) is 15.0 Å². The zero-order valence-electron chi connectivity index (χ0n) is 10.1. The number of aromatic amines is 1. The summed E-state index contributed by atoms with van der Waals surface area (Å²) in [6.07, 6.45) is 3.19. The zero-order chi connectivity index (χ0) is 12.5. The number of hydrogen-bond acceptors (Lipinski definition) is 4. The van der Waals surface area contributed by atoms with Gasteiger partial charge in [0.05, 0.1) is 6.33 Å². The molecule has 0 bridgehead atoms. The molecule has 0 spiro atoms. The number of nitrogens with zero attached hydrogens (tertiary/aromatic N) is 3. The summed E-state index contributed by atoms with van der Waals surface area (Å²) in [5, 5.41) is 0.905. The van der Waals surface area contributed by atoms with E-state index in [1.165, 1.54) is 16.0 Å². The van der Waals surface area contributed by atoms with Crippen LogP contribution in [-0.4, -0.2) is 19.9 Å². The van der Waals surface area contributed by atoms with Crippen LogP contribution >= 0.6 is 11.8 Å². The third-order valence-electron chi connectivity index (χ3n) is 2.60. The second-order valence-corrected chi connectivity index (χ2v) is 5.27. The van der Waals surface area contributed by atoms with Crippen molar-refractivity contribution in [1.82, 2.24) is 19.9 Å². The molecule has 2 heterocycles. The Hall–Kier alpha value is -1.88. The summed E-state index contributed by atoms with van der Waals surface area (Å²) < 4.78 is 0. The average molecular weight is 256 g/mol. The maximum Gasteiger partial charge on any atom is 0.181 e. The smallest absolute Gasteiger partial charge is 0.181 e. The summed E-state index contributed by atoms with van der Waals surface area (Å²) in [7, 11) is 0. The summed E-state index contributed by atoms with van der Waals surface area (Å²) in [6.45, 7) is 4.20. The molecule has 0 aliphatic carbocycles. The topological polar surface area (TPSA) is 54.5 Å². The Kier molecular flexibility index (Phi) is 2.76. The van der Waals surface area contributed by atoms with Gasteiger partial charge in [0.15, 0.2) is 5.65 Å². The molecule has 90 valence electrons. The average Bonchev–Trinajstić information content (AvgIpc) is 2.76. The number of benzene rings is 1. The number of nitrogens with one attached hydrogen (secondary N) is 1. The normalized spacial score (nSPS) is 11.0. The van der Waals surface area contributed by atoms with Crippen LogP contribution in [0.15, 0.2) is 40.8 Å². The molecule has 5 heteroatoms. The standard InChI is InChI=1S/C13H12N4S/c1-8-3-9(2)5-10(4-8)18-13-11-12(15-6-14-11)16-7-17-13/h3-7H,1-2H3,(H,14,15,16,17). The number of hydrogen-bond donors (Lipinski definition) is 1. The fourth-order valence-corrected chi connectivity index (χ4v) is 2.99. The molecular formula is C13H12N4S. The first-order valence-electron chi connectivity index (χ1n) is 5.62. The highest BCUT2D eigenvalue weighted by Gasteiger charge is 2.07. The van der Waals surface area contributed by atoms with Crippen molar-refractivity contribution in [2.75, 3.05) is 0 Å². The molecule has 3 rings (SSSR count). The van der Waals surface area contributed by atoms with Crippen molar-refractivity contribution in [2.45, 2.75) is 23.8 Å². The van der Waals surface area contributed by atoms with E-state index in [1.54, 1.807) is 24.4 Å². The Balaban J connectivity index is 2.03. The largest absolute Gasteiger partial charge is 0.341 e. The molecule has 0 aliphatic heterocycles. The van der Waals surface area contributed by atoms with Crippen molar-refractivity contribution < 1.29 is 0 Å². The summed E-state index contributed by atoms with van der Waals surface area (Å²) >= 11 is 1.63. The van der Waals surface area contributed by atoms with Crippen molar-refractivity contribution in [3.05, 3.63) is 42.0 Å². The molecule has 1 aromatic carbocycles. The number of aromatic nitrogens is 4. The van der Waals surface area contributed by atoms with Crippen molar-refractivity contribution in [3.8, 4) is 0 Å². The van der Waals surface area contributed by atoms with Crippen molar-refractivity contribution in [3.63, 3.8) is 0 Å². The number of H-pyrrole nitrogens is 1. The van der Waals surface area contributed by atoms with Gasteiger partial charge in [-0.2, -0.15) is 0 Å². The molecule has 3 aromatic rings. The minimum Gasteiger partial charge on any atom is -0.341 e. The minimum atomic E-state index is 0.705. The third-order valence-corrected chi connectivity index (χ3v) is 3.57. The lowest BCUT2D eigenvalue weighted by Gasteiger charge is -2.04. The van der Waals surface area contributed by atoms with E-state index in [1.807, 2.05) is 0 Å². The molecule has 0 aliphatic rings. The highest BCUT2D eigenvalue weighted by molar-refractivity contribution is 7.99. The van der Waals surface area contributed by atoms with E-state index in [0.717, 1.165) is 10.5 Å². The van der Waals surface area contributed by atoms with Crippen LogP contribution < -0.4 is 0 Å². The Morgan fingerprint density at radius 3 is 2.56 bits per heavy atom. The van der Waals surface area contributed by atoms with Gasteiger partial charge >= 0.3 is 0 Å². The lowest BCUT2D eigenvalue weighted by Crippen LogP contribution is -1.86. The molecule has 0 amide bonds. The second-order valence-electron chi connectivity index (χ2n) is 4.21. The molecule has 0 fully saturated rings. The molecule has 1 N–H and O–H groups in total. The van der Waals surface area contributed by atoms with E-state index in [4.69, 9.17) is 0 Å². The Labute approximate surface area is 109 Å². The van der Waals surface area contributed by atoms with Crippen LogP contribution in [-0.2, 0) is 0 Å². The van der Waals surface area contributed by atoms with Crippen molar-refractivity contribution in [1.29, 1.82) is 0 Å². The predicted molar refractivity (Wildman–Crippen MR) is 71.7 cm³/mol. The monoisotopic (exact) mass is 256 g/mol. The minimum absolute atomic E-state index is 0.705. The van der Waals surface area contributed by atoms with Gasteiger partial charge in [0, 0.05) is 4.90 Å². The first-order valence-corrected chi connectivity index (χ1v) is 6.44. The van der Waals surface area contributed by atoms with Crippen LogP contribution in [0.2, 0.25) is 0 Å². The number of rotatable bonds is 2. The Bertz CT molecular complexity index is 685. The molecule has 0 radical (unpaired) electrons. The van der Waals surface area contributed by atoms with Gasteiger partial charge in [0.2, 0.25) is 0 Å². The fourth-order valence-electron chi connectivity index (χ4n) is 1.92. The lowest BCUT2D eigenvalue weighted by molar-refractivity contribution is 1.08. The predicted octanol–water partition coefficient (Wildman–Crippen LogP) is 3.12. The lowest BCUT2D eigenvalue weighted by atomic mass is 10.2. The first kappa shape index (κ1) is 11.2. The fraction of sp³-hybridized carbons (Fsp3) is 0.154. The van der Waals surface area contributed by atoms with Gasteiger partial charge in [0.1, 0.15) is 16.9 Å². The summed E-state index contributed by atoms with van der Waals surface area (Å²) in [4.78, 5) is 16.8. The maximum absolute atomic E-state index is 4.31. The number of fused-ring (bicyclic) bond motifs is 1. The molecule has 0 unspecified atom stereocenters. The van der Waals surface area contributed by atoms with E-state index in [9.17, 15) is 0 Å². The van der Waals surface area contributed by atoms with Crippen LogP contribution in [0.5, 0.6) is 0 Å². The molecule has 0 saturated carbocycles. The second kappa shape index (κ2) is 4.42. The SMILES string of the molecule is Cc1cc(C)cc(Sc2ncnc3nc[nH]c23)c1. The van der Waals surface area contributed by atoms with E-state index >= 15 is 0 Å². The highest BCUT2D eigenvalue weighted by atomic mass is 32.2. The number of aryl methyl sites for hydroxylation is 2. The summed E-state index contributed by atoms with van der Waals surface area (Å²) in [6, 6.07) is 6.47. The summed E-state index contributed by atoms with van der Waals surface area (Å²) in [5.41, 5.74) is 4.11. The van der Waals surface area contributed by atoms with E-state index in [2.05, 4.69) is 52.0 Å². The molecule has 2 aromatic heterocycles. The van der Waals surface area contributed by atoms with Crippen LogP contribution in [0.1, 0.15) is 11.1 Å². The quantitative estimate of drug-likeness (QED) is 0.716. The maximum atomic E-state index is 4.31. The van der Waals surface area contributed by atoms with Gasteiger partial charge in [-0.05, 0) is 37.1 Å². The van der Waals surface area contributed by atoms with E-state index in [0.29, 0.717) is 5.65 Å². The van der Waals surface area contributed by atoms with Gasteiger partial charge in [-0.1, -0.05) is 17.8 Å². The van der Waals surface area contributed by atoms with Gasteiger partial charge in [-0.3, -0.25) is 0 Å². The van der Waals surface area contributed by atoms with Crippen LogP contribution in [0.25, 0.3) is 11.2 Å². The summed E-state index contributed by atoms with van der Waals surface area (Å²) in [5.74, 6) is 0. The van der Waals surface area contributed by atoms with Crippen LogP contribution in [0.4, 0.5) is 0 Å². The molecular weight excluding hydrogens is 244 g/mol. The van der Waals surface area contributed by atoms with Crippen LogP contribution in [0.3, 0.4) is 0 Å². The Morgan fingerprint density at radius 2 is 1.78 bits per heavy atom. The highest BCUT2D eigenvalue weighted by Crippen LogP contribution is 2.30. The number of imidazole rings is 1.